The maximum absolute atomic E-state index is 9.10. The fourth-order valence-corrected chi connectivity index (χ4v) is 1.61. The third-order valence-electron chi connectivity index (χ3n) is 1.98. The Labute approximate surface area is 86.1 Å². The average Bonchev–Trinajstić information content (AvgIpc) is 2.16. The van der Waals surface area contributed by atoms with E-state index in [1.807, 2.05) is 6.07 Å². The lowest BCUT2D eigenvalue weighted by molar-refractivity contribution is 0.426. The Morgan fingerprint density at radius 1 is 1.29 bits per heavy atom. The van der Waals surface area contributed by atoms with Crippen LogP contribution < -0.4 is 5.46 Å². The van der Waals surface area contributed by atoms with E-state index in [9.17, 15) is 0 Å². The van der Waals surface area contributed by atoms with Crippen molar-refractivity contribution in [2.75, 3.05) is 0 Å². The molecule has 5 heteroatoms. The van der Waals surface area contributed by atoms with Crippen molar-refractivity contribution in [1.29, 1.82) is 0 Å². The minimum absolute atomic E-state index is 0.327. The van der Waals surface area contributed by atoms with Crippen molar-refractivity contribution >= 4 is 35.1 Å². The lowest BCUT2D eigenvalue weighted by Crippen LogP contribution is -2.31. The normalized spacial score (nSPS) is 10.5. The zero-order chi connectivity index (χ0) is 10.1. The first-order valence-electron chi connectivity index (χ1n) is 4.09. The molecule has 0 aliphatic rings. The third kappa shape index (κ3) is 1.59. The Balaban J connectivity index is 2.80. The molecule has 70 valence electrons. The summed E-state index contributed by atoms with van der Waals surface area (Å²) in [6, 6.07) is 6.82. The molecule has 14 heavy (non-hydrogen) atoms. The van der Waals surface area contributed by atoms with E-state index < -0.39 is 7.12 Å². The summed E-state index contributed by atoms with van der Waals surface area (Å²) in [4.78, 5) is 4.06. The molecule has 0 aliphatic carbocycles. The van der Waals surface area contributed by atoms with Crippen LogP contribution in [0, 0.1) is 0 Å². The van der Waals surface area contributed by atoms with Crippen LogP contribution in [0.5, 0.6) is 0 Å². The summed E-state index contributed by atoms with van der Waals surface area (Å²) in [5.74, 6) is 0. The molecule has 2 aromatic rings. The van der Waals surface area contributed by atoms with E-state index in [1.165, 1.54) is 6.07 Å². The van der Waals surface area contributed by atoms with Crippen LogP contribution in [-0.2, 0) is 0 Å². The van der Waals surface area contributed by atoms with Gasteiger partial charge in [0.05, 0.1) is 5.52 Å². The van der Waals surface area contributed by atoms with E-state index in [4.69, 9.17) is 21.6 Å². The first kappa shape index (κ1) is 9.46. The van der Waals surface area contributed by atoms with Crippen molar-refractivity contribution in [2.45, 2.75) is 0 Å². The molecular formula is C9H7BClNO2. The van der Waals surface area contributed by atoms with Crippen molar-refractivity contribution in [1.82, 2.24) is 4.98 Å². The zero-order valence-electron chi connectivity index (χ0n) is 7.18. The lowest BCUT2D eigenvalue weighted by atomic mass is 9.79. The second-order valence-corrected chi connectivity index (χ2v) is 3.38. The van der Waals surface area contributed by atoms with Gasteiger partial charge in [-0.1, -0.05) is 17.7 Å². The minimum atomic E-state index is -1.55. The smallest absolute Gasteiger partial charge is 0.423 e. The van der Waals surface area contributed by atoms with Crippen LogP contribution >= 0.6 is 11.6 Å². The molecule has 0 saturated carbocycles. The fourth-order valence-electron chi connectivity index (χ4n) is 1.38. The molecule has 2 N–H and O–H groups in total. The fraction of sp³-hybridized carbons (Fsp3) is 0. The maximum Gasteiger partial charge on any atom is 0.490 e. The molecule has 0 radical (unpaired) electrons. The Morgan fingerprint density at radius 3 is 2.79 bits per heavy atom. The molecule has 1 heterocycles. The van der Waals surface area contributed by atoms with Gasteiger partial charge in [0, 0.05) is 22.1 Å². The first-order valence-corrected chi connectivity index (χ1v) is 4.46. The number of halogens is 1. The lowest BCUT2D eigenvalue weighted by Gasteiger charge is -2.04. The van der Waals surface area contributed by atoms with E-state index in [2.05, 4.69) is 4.98 Å². The Morgan fingerprint density at radius 2 is 2.07 bits per heavy atom. The monoisotopic (exact) mass is 207 g/mol. The topological polar surface area (TPSA) is 53.4 Å². The first-order chi connectivity index (χ1) is 6.68. The summed E-state index contributed by atoms with van der Waals surface area (Å²) < 4.78 is 0. The molecule has 0 unspecified atom stereocenters. The largest absolute Gasteiger partial charge is 0.490 e. The van der Waals surface area contributed by atoms with Crippen LogP contribution in [0.2, 0.25) is 5.02 Å². The summed E-state index contributed by atoms with van der Waals surface area (Å²) in [5.41, 5.74) is 0.889. The standard InChI is InChI=1S/C9H7BClNO2/c11-7-4-6-2-1-3-12-9(6)8(5-7)10(13)14/h1-5,13-14H. The van der Waals surface area contributed by atoms with E-state index in [0.29, 0.717) is 16.0 Å². The zero-order valence-corrected chi connectivity index (χ0v) is 7.94. The van der Waals surface area contributed by atoms with Crippen LogP contribution in [0.25, 0.3) is 10.9 Å². The molecule has 0 aliphatic heterocycles. The van der Waals surface area contributed by atoms with Gasteiger partial charge in [0.2, 0.25) is 0 Å². The molecule has 0 atom stereocenters. The molecule has 3 nitrogen and oxygen atoms in total. The van der Waals surface area contributed by atoms with Gasteiger partial charge in [0.15, 0.2) is 0 Å². The van der Waals surface area contributed by atoms with Crippen LogP contribution in [0.4, 0.5) is 0 Å². The highest BCUT2D eigenvalue weighted by molar-refractivity contribution is 6.62. The van der Waals surface area contributed by atoms with Gasteiger partial charge in [-0.2, -0.15) is 0 Å². The number of hydrogen-bond acceptors (Lipinski definition) is 3. The van der Waals surface area contributed by atoms with E-state index in [-0.39, 0.29) is 0 Å². The van der Waals surface area contributed by atoms with Gasteiger partial charge in [-0.05, 0) is 18.2 Å². The summed E-state index contributed by atoms with van der Waals surface area (Å²) in [7, 11) is -1.55. The molecule has 2 rings (SSSR count). The van der Waals surface area contributed by atoms with Gasteiger partial charge in [0.25, 0.3) is 0 Å². The molecule has 1 aromatic carbocycles. The van der Waals surface area contributed by atoms with Crippen molar-refractivity contribution in [3.8, 4) is 0 Å². The third-order valence-corrected chi connectivity index (χ3v) is 2.20. The number of hydrogen-bond donors (Lipinski definition) is 2. The number of fused-ring (bicyclic) bond motifs is 1. The number of aromatic nitrogens is 1. The van der Waals surface area contributed by atoms with Crippen molar-refractivity contribution in [2.24, 2.45) is 0 Å². The van der Waals surface area contributed by atoms with Gasteiger partial charge in [0.1, 0.15) is 0 Å². The summed E-state index contributed by atoms with van der Waals surface area (Å²) in [6.45, 7) is 0. The number of benzene rings is 1. The summed E-state index contributed by atoms with van der Waals surface area (Å²) in [5, 5.41) is 19.5. The second kappa shape index (κ2) is 3.57. The Kier molecular flexibility index (Phi) is 2.41. The number of nitrogens with zero attached hydrogens (tertiary/aromatic N) is 1. The van der Waals surface area contributed by atoms with Gasteiger partial charge in [-0.15, -0.1) is 0 Å². The predicted octanol–water partition coefficient (Wildman–Crippen LogP) is 0.568. The molecule has 1 aromatic heterocycles. The maximum atomic E-state index is 9.10. The highest BCUT2D eigenvalue weighted by Crippen LogP contribution is 2.15. The van der Waals surface area contributed by atoms with Gasteiger partial charge in [-0.25, -0.2) is 0 Å². The van der Waals surface area contributed by atoms with Crippen LogP contribution in [0.3, 0.4) is 0 Å². The van der Waals surface area contributed by atoms with Gasteiger partial charge < -0.3 is 10.0 Å². The molecule has 0 bridgehead atoms. The highest BCUT2D eigenvalue weighted by atomic mass is 35.5. The Bertz CT molecular complexity index is 475. The van der Waals surface area contributed by atoms with Gasteiger partial charge >= 0.3 is 7.12 Å². The molecular weight excluding hydrogens is 200 g/mol. The van der Waals surface area contributed by atoms with Crippen molar-refractivity contribution in [3.63, 3.8) is 0 Å². The molecule has 0 fully saturated rings. The summed E-state index contributed by atoms with van der Waals surface area (Å²) >= 11 is 5.82. The highest BCUT2D eigenvalue weighted by Gasteiger charge is 2.16. The van der Waals surface area contributed by atoms with E-state index in [1.54, 1.807) is 18.3 Å². The second-order valence-electron chi connectivity index (χ2n) is 2.94. The Hall–Kier alpha value is -1.10. The quantitative estimate of drug-likeness (QED) is 0.672. The van der Waals surface area contributed by atoms with Crippen LogP contribution in [0.15, 0.2) is 30.5 Å². The average molecular weight is 207 g/mol. The van der Waals surface area contributed by atoms with Crippen LogP contribution in [-0.4, -0.2) is 22.2 Å². The van der Waals surface area contributed by atoms with Crippen LogP contribution in [0.1, 0.15) is 0 Å². The van der Waals surface area contributed by atoms with E-state index in [0.717, 1.165) is 5.39 Å². The predicted molar refractivity (Wildman–Crippen MR) is 56.6 cm³/mol. The minimum Gasteiger partial charge on any atom is -0.423 e. The molecule has 0 saturated heterocycles. The number of rotatable bonds is 1. The van der Waals surface area contributed by atoms with Crippen molar-refractivity contribution < 1.29 is 10.0 Å². The number of pyridine rings is 1. The SMILES string of the molecule is OB(O)c1cc(Cl)cc2cccnc12. The van der Waals surface area contributed by atoms with Crippen molar-refractivity contribution in [3.05, 3.63) is 35.5 Å². The molecule has 0 spiro atoms. The van der Waals surface area contributed by atoms with E-state index >= 15 is 0 Å². The van der Waals surface area contributed by atoms with Gasteiger partial charge in [-0.3, -0.25) is 4.98 Å². The molecule has 0 amide bonds. The summed E-state index contributed by atoms with van der Waals surface area (Å²) in [6.07, 6.45) is 1.60.